The van der Waals surface area contributed by atoms with Crippen molar-refractivity contribution in [1.82, 2.24) is 10.0 Å². The summed E-state index contributed by atoms with van der Waals surface area (Å²) in [5.74, 6) is -0.719. The van der Waals surface area contributed by atoms with Gasteiger partial charge < -0.3 is 10.4 Å². The Labute approximate surface area is 124 Å². The minimum Gasteiger partial charge on any atom is -0.481 e. The number of carbonyl (C=O) groups is 1. The predicted octanol–water partition coefficient (Wildman–Crippen LogP) is 0.907. The fourth-order valence-electron chi connectivity index (χ4n) is 2.51. The van der Waals surface area contributed by atoms with Crippen LogP contribution in [0.3, 0.4) is 0 Å². The van der Waals surface area contributed by atoms with E-state index in [-0.39, 0.29) is 25.3 Å². The van der Waals surface area contributed by atoms with Crippen LogP contribution in [-0.4, -0.2) is 39.1 Å². The maximum atomic E-state index is 12.4. The van der Waals surface area contributed by atoms with Crippen LogP contribution in [0.5, 0.6) is 0 Å². The van der Waals surface area contributed by atoms with Crippen LogP contribution in [-0.2, 0) is 14.8 Å². The van der Waals surface area contributed by atoms with Crippen molar-refractivity contribution in [3.05, 3.63) is 29.8 Å². The number of benzene rings is 1. The number of aliphatic carboxylic acids is 1. The third kappa shape index (κ3) is 4.26. The lowest BCUT2D eigenvalue weighted by atomic mass is 9.99. The Balaban J connectivity index is 2.10. The maximum Gasteiger partial charge on any atom is 0.303 e. The van der Waals surface area contributed by atoms with Crippen molar-refractivity contribution < 1.29 is 18.3 Å². The Kier molecular flexibility index (Phi) is 5.33. The number of carboxylic acid groups (broad SMARTS) is 1. The highest BCUT2D eigenvalue weighted by atomic mass is 32.2. The molecule has 7 heteroatoms. The molecule has 1 aromatic carbocycles. The van der Waals surface area contributed by atoms with Gasteiger partial charge in [-0.05, 0) is 36.9 Å². The second-order valence-corrected chi connectivity index (χ2v) is 6.86. The first-order valence-corrected chi connectivity index (χ1v) is 8.50. The topological polar surface area (TPSA) is 95.5 Å². The minimum absolute atomic E-state index is 0.0449. The second kappa shape index (κ2) is 7.02. The third-order valence-corrected chi connectivity index (χ3v) is 5.10. The smallest absolute Gasteiger partial charge is 0.303 e. The SMILES string of the molecule is O=C(O)CCCNS(=O)(=O)c1ccccc1C1CCNC1. The molecule has 3 N–H and O–H groups in total. The molecule has 1 fully saturated rings. The van der Waals surface area contributed by atoms with Crippen molar-refractivity contribution in [3.63, 3.8) is 0 Å². The molecule has 1 unspecified atom stereocenters. The highest BCUT2D eigenvalue weighted by Crippen LogP contribution is 2.28. The Morgan fingerprint density at radius 1 is 1.38 bits per heavy atom. The fourth-order valence-corrected chi connectivity index (χ4v) is 3.88. The van der Waals surface area contributed by atoms with Gasteiger partial charge in [0.05, 0.1) is 4.90 Å². The number of hydrogen-bond acceptors (Lipinski definition) is 4. The summed E-state index contributed by atoms with van der Waals surface area (Å²) >= 11 is 0. The van der Waals surface area contributed by atoms with Gasteiger partial charge in [0, 0.05) is 19.5 Å². The summed E-state index contributed by atoms with van der Waals surface area (Å²) in [5, 5.41) is 11.8. The fraction of sp³-hybridized carbons (Fsp3) is 0.500. The highest BCUT2D eigenvalue weighted by Gasteiger charge is 2.25. The number of rotatable bonds is 7. The molecule has 21 heavy (non-hydrogen) atoms. The molecule has 6 nitrogen and oxygen atoms in total. The number of carboxylic acids is 1. The van der Waals surface area contributed by atoms with E-state index >= 15 is 0 Å². The van der Waals surface area contributed by atoms with Crippen LogP contribution >= 0.6 is 0 Å². The molecule has 0 bridgehead atoms. The summed E-state index contributed by atoms with van der Waals surface area (Å²) in [6.45, 7) is 1.81. The average molecular weight is 312 g/mol. The zero-order chi connectivity index (χ0) is 15.3. The van der Waals surface area contributed by atoms with Crippen LogP contribution in [0.2, 0.25) is 0 Å². The molecule has 1 aromatic rings. The van der Waals surface area contributed by atoms with Gasteiger partial charge in [-0.1, -0.05) is 18.2 Å². The largest absolute Gasteiger partial charge is 0.481 e. The van der Waals surface area contributed by atoms with Gasteiger partial charge in [0.1, 0.15) is 0 Å². The van der Waals surface area contributed by atoms with Crippen molar-refractivity contribution >= 4 is 16.0 Å². The summed E-state index contributed by atoms with van der Waals surface area (Å²) in [6, 6.07) is 7.01. The lowest BCUT2D eigenvalue weighted by Gasteiger charge is -2.15. The van der Waals surface area contributed by atoms with Crippen LogP contribution < -0.4 is 10.0 Å². The van der Waals surface area contributed by atoms with Gasteiger partial charge in [0.15, 0.2) is 0 Å². The normalized spacial score (nSPS) is 18.8. The van der Waals surface area contributed by atoms with Crippen LogP contribution in [0.1, 0.15) is 30.7 Å². The van der Waals surface area contributed by atoms with Gasteiger partial charge in [-0.2, -0.15) is 0 Å². The van der Waals surface area contributed by atoms with Crippen molar-refractivity contribution in [2.75, 3.05) is 19.6 Å². The van der Waals surface area contributed by atoms with Crippen molar-refractivity contribution in [2.24, 2.45) is 0 Å². The maximum absolute atomic E-state index is 12.4. The summed E-state index contributed by atoms with van der Waals surface area (Å²) in [6.07, 6.45) is 1.16. The van der Waals surface area contributed by atoms with Crippen LogP contribution in [0.25, 0.3) is 0 Å². The molecule has 0 spiro atoms. The average Bonchev–Trinajstić information content (AvgIpc) is 2.97. The van der Waals surface area contributed by atoms with Gasteiger partial charge in [0.2, 0.25) is 10.0 Å². The van der Waals surface area contributed by atoms with E-state index < -0.39 is 16.0 Å². The van der Waals surface area contributed by atoms with Gasteiger partial charge in [-0.3, -0.25) is 4.79 Å². The summed E-state index contributed by atoms with van der Waals surface area (Å²) in [7, 11) is -3.60. The molecule has 2 rings (SSSR count). The van der Waals surface area contributed by atoms with E-state index in [4.69, 9.17) is 5.11 Å². The van der Waals surface area contributed by atoms with Crippen molar-refractivity contribution in [2.45, 2.75) is 30.1 Å². The van der Waals surface area contributed by atoms with Crippen LogP contribution in [0.15, 0.2) is 29.2 Å². The summed E-state index contributed by atoms with van der Waals surface area (Å²) in [5.41, 5.74) is 0.827. The molecule has 0 radical (unpaired) electrons. The molecule has 1 aliphatic heterocycles. The zero-order valence-electron chi connectivity index (χ0n) is 11.7. The molecule has 0 saturated carbocycles. The van der Waals surface area contributed by atoms with Crippen LogP contribution in [0, 0.1) is 0 Å². The number of sulfonamides is 1. The highest BCUT2D eigenvalue weighted by molar-refractivity contribution is 7.89. The molecular weight excluding hydrogens is 292 g/mol. The summed E-state index contributed by atoms with van der Waals surface area (Å²) in [4.78, 5) is 10.7. The van der Waals surface area contributed by atoms with E-state index in [2.05, 4.69) is 10.0 Å². The van der Waals surface area contributed by atoms with Crippen LogP contribution in [0.4, 0.5) is 0 Å². The first-order valence-electron chi connectivity index (χ1n) is 7.02. The standard InChI is InChI=1S/C14H20N2O4S/c17-14(18)6-3-8-16-21(19,20)13-5-2-1-4-12(13)11-7-9-15-10-11/h1-2,4-5,11,15-16H,3,6-10H2,(H,17,18). The molecule has 0 amide bonds. The predicted molar refractivity (Wildman–Crippen MR) is 78.7 cm³/mol. The van der Waals surface area contributed by atoms with E-state index in [9.17, 15) is 13.2 Å². The van der Waals surface area contributed by atoms with E-state index in [0.29, 0.717) is 4.90 Å². The van der Waals surface area contributed by atoms with Gasteiger partial charge in [-0.15, -0.1) is 0 Å². The monoisotopic (exact) mass is 312 g/mol. The molecule has 0 aliphatic carbocycles. The Hall–Kier alpha value is -1.44. The lowest BCUT2D eigenvalue weighted by Crippen LogP contribution is -2.26. The Morgan fingerprint density at radius 2 is 2.14 bits per heavy atom. The van der Waals surface area contributed by atoms with E-state index in [1.54, 1.807) is 12.1 Å². The quantitative estimate of drug-likeness (QED) is 0.650. The first-order chi connectivity index (χ1) is 10.0. The molecule has 0 aromatic heterocycles. The minimum atomic E-state index is -3.60. The molecule has 116 valence electrons. The number of nitrogens with one attached hydrogen (secondary N) is 2. The van der Waals surface area contributed by atoms with E-state index in [1.807, 2.05) is 12.1 Å². The van der Waals surface area contributed by atoms with Gasteiger partial charge in [0.25, 0.3) is 0 Å². The van der Waals surface area contributed by atoms with Crippen molar-refractivity contribution in [3.8, 4) is 0 Å². The second-order valence-electron chi connectivity index (χ2n) is 5.12. The summed E-state index contributed by atoms with van der Waals surface area (Å²) < 4.78 is 27.2. The molecule has 1 aliphatic rings. The lowest BCUT2D eigenvalue weighted by molar-refractivity contribution is -0.137. The molecule has 1 atom stereocenters. The molecular formula is C14H20N2O4S. The first kappa shape index (κ1) is 15.9. The third-order valence-electron chi connectivity index (χ3n) is 3.57. The van der Waals surface area contributed by atoms with E-state index in [1.165, 1.54) is 0 Å². The van der Waals surface area contributed by atoms with E-state index in [0.717, 1.165) is 25.1 Å². The Bertz CT molecular complexity index is 595. The van der Waals surface area contributed by atoms with Gasteiger partial charge >= 0.3 is 5.97 Å². The van der Waals surface area contributed by atoms with Crippen molar-refractivity contribution in [1.29, 1.82) is 0 Å². The number of hydrogen-bond donors (Lipinski definition) is 3. The molecule has 1 heterocycles. The molecule has 1 saturated heterocycles. The zero-order valence-corrected chi connectivity index (χ0v) is 12.5. The van der Waals surface area contributed by atoms with Gasteiger partial charge in [-0.25, -0.2) is 13.1 Å². The Morgan fingerprint density at radius 3 is 2.81 bits per heavy atom.